The van der Waals surface area contributed by atoms with E-state index in [0.29, 0.717) is 5.92 Å². The summed E-state index contributed by atoms with van der Waals surface area (Å²) in [6, 6.07) is 17.6. The summed E-state index contributed by atoms with van der Waals surface area (Å²) in [5, 5.41) is 7.68. The molecule has 4 rings (SSSR count). The van der Waals surface area contributed by atoms with E-state index in [0.717, 1.165) is 58.7 Å². The van der Waals surface area contributed by atoms with Gasteiger partial charge in [0, 0.05) is 40.3 Å². The summed E-state index contributed by atoms with van der Waals surface area (Å²) in [6.07, 6.45) is 1.87. The van der Waals surface area contributed by atoms with Gasteiger partial charge in [0.15, 0.2) is 0 Å². The Balaban J connectivity index is 1.41. The van der Waals surface area contributed by atoms with Crippen LogP contribution < -0.4 is 4.74 Å². The maximum absolute atomic E-state index is 12.7. The first-order chi connectivity index (χ1) is 13.6. The van der Waals surface area contributed by atoms with Gasteiger partial charge >= 0.3 is 0 Å². The smallest absolute Gasteiger partial charge is 0.253 e. The predicted octanol–water partition coefficient (Wildman–Crippen LogP) is 4.87. The second kappa shape index (κ2) is 8.19. The number of benzene rings is 2. The highest BCUT2D eigenvalue weighted by atomic mass is 79.9. The van der Waals surface area contributed by atoms with E-state index in [1.54, 1.807) is 7.11 Å². The number of hydrogen-bond acceptors (Lipinski definition) is 3. The number of methoxy groups -OCH3 is 1. The summed E-state index contributed by atoms with van der Waals surface area (Å²) in [6.45, 7) is 1.51. The summed E-state index contributed by atoms with van der Waals surface area (Å²) < 4.78 is 6.28. The van der Waals surface area contributed by atoms with Crippen molar-refractivity contribution in [3.8, 4) is 17.0 Å². The molecule has 144 valence electrons. The van der Waals surface area contributed by atoms with Crippen LogP contribution in [0.2, 0.25) is 0 Å². The molecule has 0 bridgehead atoms. The van der Waals surface area contributed by atoms with E-state index in [2.05, 4.69) is 32.2 Å². The minimum absolute atomic E-state index is 0.104. The van der Waals surface area contributed by atoms with Crippen molar-refractivity contribution in [3.05, 3.63) is 70.3 Å². The Hall–Kier alpha value is -2.60. The third-order valence-corrected chi connectivity index (χ3v) is 5.81. The van der Waals surface area contributed by atoms with Gasteiger partial charge in [-0.05, 0) is 55.3 Å². The van der Waals surface area contributed by atoms with Gasteiger partial charge in [0.25, 0.3) is 5.91 Å². The zero-order valence-electron chi connectivity index (χ0n) is 15.7. The average Bonchev–Trinajstić information content (AvgIpc) is 3.24. The lowest BCUT2D eigenvalue weighted by atomic mass is 9.92. The van der Waals surface area contributed by atoms with Crippen LogP contribution in [0.3, 0.4) is 0 Å². The van der Waals surface area contributed by atoms with Crippen molar-refractivity contribution >= 4 is 21.8 Å². The van der Waals surface area contributed by atoms with E-state index >= 15 is 0 Å². The SMILES string of the molecule is COc1cccc(-c2cc(C3CCN(C(=O)c4ccc(Br)cc4)CC3)[nH]n2)c1. The molecule has 1 amide bonds. The molecule has 1 N–H and O–H groups in total. The highest BCUT2D eigenvalue weighted by Gasteiger charge is 2.25. The lowest BCUT2D eigenvalue weighted by molar-refractivity contribution is 0.0712. The molecule has 0 saturated carbocycles. The number of carbonyl (C=O) groups excluding carboxylic acids is 1. The van der Waals surface area contributed by atoms with E-state index in [-0.39, 0.29) is 5.91 Å². The fourth-order valence-corrected chi connectivity index (χ4v) is 3.91. The number of piperidine rings is 1. The summed E-state index contributed by atoms with van der Waals surface area (Å²) in [7, 11) is 1.67. The number of H-pyrrole nitrogens is 1. The molecule has 2 aromatic carbocycles. The van der Waals surface area contributed by atoms with E-state index in [1.165, 1.54) is 0 Å². The predicted molar refractivity (Wildman–Crippen MR) is 113 cm³/mol. The van der Waals surface area contributed by atoms with E-state index < -0.39 is 0 Å². The molecule has 1 aliphatic rings. The molecule has 5 nitrogen and oxygen atoms in total. The van der Waals surface area contributed by atoms with Crippen LogP contribution in [0.4, 0.5) is 0 Å². The van der Waals surface area contributed by atoms with Gasteiger partial charge in [-0.15, -0.1) is 0 Å². The highest BCUT2D eigenvalue weighted by molar-refractivity contribution is 9.10. The lowest BCUT2D eigenvalue weighted by Gasteiger charge is -2.31. The minimum Gasteiger partial charge on any atom is -0.497 e. The summed E-state index contributed by atoms with van der Waals surface area (Å²) in [5.41, 5.74) is 3.82. The Morgan fingerprint density at radius 1 is 1.14 bits per heavy atom. The number of carbonyl (C=O) groups is 1. The molecule has 28 heavy (non-hydrogen) atoms. The molecule has 1 fully saturated rings. The first-order valence-electron chi connectivity index (χ1n) is 9.38. The van der Waals surface area contributed by atoms with E-state index in [4.69, 9.17) is 4.74 Å². The van der Waals surface area contributed by atoms with E-state index in [1.807, 2.05) is 53.4 Å². The fourth-order valence-electron chi connectivity index (χ4n) is 3.64. The molecular weight excluding hydrogens is 418 g/mol. The van der Waals surface area contributed by atoms with Crippen LogP contribution in [-0.4, -0.2) is 41.2 Å². The number of hydrogen-bond donors (Lipinski definition) is 1. The number of rotatable bonds is 4. The molecular formula is C22H22BrN3O2. The second-order valence-electron chi connectivity index (χ2n) is 7.01. The van der Waals surface area contributed by atoms with Gasteiger partial charge < -0.3 is 9.64 Å². The van der Waals surface area contributed by atoms with Crippen LogP contribution in [0.25, 0.3) is 11.3 Å². The summed E-state index contributed by atoms with van der Waals surface area (Å²) >= 11 is 3.41. The molecule has 0 radical (unpaired) electrons. The largest absolute Gasteiger partial charge is 0.497 e. The summed E-state index contributed by atoms with van der Waals surface area (Å²) in [4.78, 5) is 14.6. The van der Waals surface area contributed by atoms with Gasteiger partial charge in [0.2, 0.25) is 0 Å². The normalized spacial score (nSPS) is 14.9. The first kappa shape index (κ1) is 18.7. The standard InChI is InChI=1S/C22H22BrN3O2/c1-28-19-4-2-3-17(13-19)21-14-20(24-25-21)15-9-11-26(12-10-15)22(27)16-5-7-18(23)8-6-16/h2-8,13-15H,9-12H2,1H3,(H,24,25). The molecule has 1 saturated heterocycles. The second-order valence-corrected chi connectivity index (χ2v) is 7.93. The molecule has 0 aliphatic carbocycles. The van der Waals surface area contributed by atoms with Gasteiger partial charge in [-0.25, -0.2) is 0 Å². The van der Waals surface area contributed by atoms with Crippen molar-refractivity contribution in [2.45, 2.75) is 18.8 Å². The van der Waals surface area contributed by atoms with Crippen molar-refractivity contribution in [1.82, 2.24) is 15.1 Å². The maximum atomic E-state index is 12.7. The van der Waals surface area contributed by atoms with Crippen molar-refractivity contribution in [2.24, 2.45) is 0 Å². The van der Waals surface area contributed by atoms with Crippen LogP contribution in [0, 0.1) is 0 Å². The fraction of sp³-hybridized carbons (Fsp3) is 0.273. The molecule has 1 aliphatic heterocycles. The number of aromatic nitrogens is 2. The van der Waals surface area contributed by atoms with E-state index in [9.17, 15) is 4.79 Å². The molecule has 0 unspecified atom stereocenters. The molecule has 0 spiro atoms. The molecule has 1 aromatic heterocycles. The minimum atomic E-state index is 0.104. The Morgan fingerprint density at radius 2 is 1.89 bits per heavy atom. The first-order valence-corrected chi connectivity index (χ1v) is 10.2. The van der Waals surface area contributed by atoms with Crippen molar-refractivity contribution in [3.63, 3.8) is 0 Å². The highest BCUT2D eigenvalue weighted by Crippen LogP contribution is 2.30. The van der Waals surface area contributed by atoms with Crippen molar-refractivity contribution < 1.29 is 9.53 Å². The van der Waals surface area contributed by atoms with Gasteiger partial charge in [-0.1, -0.05) is 28.1 Å². The van der Waals surface area contributed by atoms with Gasteiger partial charge in [-0.3, -0.25) is 9.89 Å². The van der Waals surface area contributed by atoms with Crippen molar-refractivity contribution in [2.75, 3.05) is 20.2 Å². The monoisotopic (exact) mass is 439 g/mol. The van der Waals surface area contributed by atoms with Crippen LogP contribution in [0.1, 0.15) is 34.8 Å². The number of ether oxygens (including phenoxy) is 1. The zero-order valence-corrected chi connectivity index (χ0v) is 17.3. The number of halogens is 1. The van der Waals surface area contributed by atoms with Gasteiger partial charge in [0.1, 0.15) is 5.75 Å². The number of aromatic amines is 1. The quantitative estimate of drug-likeness (QED) is 0.630. The van der Waals surface area contributed by atoms with Crippen LogP contribution >= 0.6 is 15.9 Å². The lowest BCUT2D eigenvalue weighted by Crippen LogP contribution is -2.38. The maximum Gasteiger partial charge on any atom is 0.253 e. The molecule has 2 heterocycles. The Morgan fingerprint density at radius 3 is 2.61 bits per heavy atom. The molecule has 3 aromatic rings. The van der Waals surface area contributed by atoms with Crippen LogP contribution in [-0.2, 0) is 0 Å². The summed E-state index contributed by atoms with van der Waals surface area (Å²) in [5.74, 6) is 1.32. The number of amides is 1. The third kappa shape index (κ3) is 3.97. The number of nitrogens with one attached hydrogen (secondary N) is 1. The zero-order chi connectivity index (χ0) is 19.5. The Labute approximate surface area is 172 Å². The van der Waals surface area contributed by atoms with Gasteiger partial charge in [0.05, 0.1) is 12.8 Å². The van der Waals surface area contributed by atoms with Crippen LogP contribution in [0.5, 0.6) is 5.75 Å². The molecule has 0 atom stereocenters. The van der Waals surface area contributed by atoms with Crippen molar-refractivity contribution in [1.29, 1.82) is 0 Å². The third-order valence-electron chi connectivity index (χ3n) is 5.28. The molecule has 6 heteroatoms. The number of nitrogens with zero attached hydrogens (tertiary/aromatic N) is 2. The average molecular weight is 440 g/mol. The number of likely N-dealkylation sites (tertiary alicyclic amines) is 1. The van der Waals surface area contributed by atoms with Gasteiger partial charge in [-0.2, -0.15) is 5.10 Å². The Bertz CT molecular complexity index is 960. The topological polar surface area (TPSA) is 58.2 Å². The van der Waals surface area contributed by atoms with Crippen LogP contribution in [0.15, 0.2) is 59.1 Å². The Kier molecular flexibility index (Phi) is 5.48.